The average molecular weight is 454 g/mol. The summed E-state index contributed by atoms with van der Waals surface area (Å²) in [6.45, 7) is 2.74. The van der Waals surface area contributed by atoms with Crippen molar-refractivity contribution in [2.24, 2.45) is 5.92 Å². The summed E-state index contributed by atoms with van der Waals surface area (Å²) >= 11 is 0. The molecule has 0 spiro atoms. The molecule has 0 aromatic heterocycles. The molecule has 0 saturated carbocycles. The van der Waals surface area contributed by atoms with E-state index in [1.54, 1.807) is 36.4 Å². The Morgan fingerprint density at radius 2 is 1.91 bits per heavy atom. The van der Waals surface area contributed by atoms with Crippen molar-refractivity contribution in [3.63, 3.8) is 0 Å². The molecule has 7 heteroatoms. The van der Waals surface area contributed by atoms with Gasteiger partial charge in [0.1, 0.15) is 10.7 Å². The third kappa shape index (κ3) is 3.14. The van der Waals surface area contributed by atoms with Crippen LogP contribution in [0.2, 0.25) is 0 Å². The average Bonchev–Trinajstić information content (AvgIpc) is 2.76. The van der Waals surface area contributed by atoms with Gasteiger partial charge in [-0.2, -0.15) is 8.42 Å². The number of aromatic hydroxyl groups is 1. The Morgan fingerprint density at radius 1 is 1.16 bits per heavy atom. The summed E-state index contributed by atoms with van der Waals surface area (Å²) in [5, 5.41) is 11.1. The largest absolute Gasteiger partial charge is 0.504 e. The molecule has 1 heterocycles. The third-order valence-electron chi connectivity index (χ3n) is 7.18. The Morgan fingerprint density at radius 3 is 2.62 bits per heavy atom. The molecule has 168 valence electrons. The van der Waals surface area contributed by atoms with Crippen LogP contribution in [-0.2, 0) is 26.1 Å². The van der Waals surface area contributed by atoms with Gasteiger partial charge in [-0.1, -0.05) is 29.8 Å². The molecule has 1 N–H and O–H groups in total. The van der Waals surface area contributed by atoms with Gasteiger partial charge < -0.3 is 18.9 Å². The van der Waals surface area contributed by atoms with Crippen LogP contribution < -0.4 is 4.74 Å². The van der Waals surface area contributed by atoms with Gasteiger partial charge >= 0.3 is 10.1 Å². The lowest BCUT2D eigenvalue weighted by atomic mass is 9.55. The lowest BCUT2D eigenvalue weighted by molar-refractivity contribution is 0.0759. The summed E-state index contributed by atoms with van der Waals surface area (Å²) < 4.78 is 36.9. The monoisotopic (exact) mass is 453 g/mol. The number of benzene rings is 2. The normalized spacial score (nSPS) is 26.7. The fourth-order valence-corrected chi connectivity index (χ4v) is 6.47. The molecule has 2 aromatic rings. The highest BCUT2D eigenvalue weighted by Crippen LogP contribution is 2.56. The number of methoxy groups -OCH3 is 1. The van der Waals surface area contributed by atoms with E-state index < -0.39 is 15.5 Å². The van der Waals surface area contributed by atoms with Crippen molar-refractivity contribution in [3.8, 4) is 11.5 Å². The number of phenolic OH excluding ortho intramolecular Hbond substituents is 1. The number of phenols is 1. The van der Waals surface area contributed by atoms with Crippen molar-refractivity contribution in [1.82, 2.24) is 4.90 Å². The SMILES string of the molecule is COc1ccc2c(c1O)[C@]13C=C(OS(=O)(=O)c4ccc(C)cc4)C=C[C@H]1[C@@H](C2)N(C)CC3. The predicted octanol–water partition coefficient (Wildman–Crippen LogP) is 3.68. The van der Waals surface area contributed by atoms with Gasteiger partial charge in [0.15, 0.2) is 11.5 Å². The third-order valence-corrected chi connectivity index (χ3v) is 8.44. The van der Waals surface area contributed by atoms with E-state index in [1.807, 2.05) is 25.1 Å². The number of rotatable bonds is 4. The van der Waals surface area contributed by atoms with Gasteiger partial charge in [0, 0.05) is 22.9 Å². The van der Waals surface area contributed by atoms with E-state index in [-0.39, 0.29) is 28.4 Å². The fourth-order valence-electron chi connectivity index (χ4n) is 5.55. The highest BCUT2D eigenvalue weighted by Gasteiger charge is 2.53. The van der Waals surface area contributed by atoms with Crippen molar-refractivity contribution in [2.45, 2.75) is 36.1 Å². The summed E-state index contributed by atoms with van der Waals surface area (Å²) in [5.74, 6) is 0.929. The minimum Gasteiger partial charge on any atom is -0.504 e. The van der Waals surface area contributed by atoms with Crippen LogP contribution in [0.3, 0.4) is 0 Å². The maximum absolute atomic E-state index is 12.9. The van der Waals surface area contributed by atoms with Crippen LogP contribution in [0.1, 0.15) is 23.1 Å². The number of likely N-dealkylation sites (N-methyl/N-ethyl adjacent to an activating group) is 1. The first-order valence-electron chi connectivity index (χ1n) is 10.8. The molecule has 3 aliphatic rings. The minimum absolute atomic E-state index is 0.0983. The van der Waals surface area contributed by atoms with Gasteiger partial charge in [0.25, 0.3) is 0 Å². The molecule has 5 rings (SSSR count). The highest BCUT2D eigenvalue weighted by atomic mass is 32.2. The van der Waals surface area contributed by atoms with Crippen LogP contribution in [0.5, 0.6) is 11.5 Å². The summed E-state index contributed by atoms with van der Waals surface area (Å²) in [4.78, 5) is 2.46. The Balaban J connectivity index is 1.61. The number of likely N-dealkylation sites (tertiary alicyclic amines) is 1. The molecule has 1 aliphatic heterocycles. The molecule has 2 bridgehead atoms. The first kappa shape index (κ1) is 21.1. The number of hydrogen-bond donors (Lipinski definition) is 1. The van der Waals surface area contributed by atoms with Crippen molar-refractivity contribution in [3.05, 3.63) is 77.1 Å². The molecule has 2 aliphatic carbocycles. The van der Waals surface area contributed by atoms with Gasteiger partial charge in [0.05, 0.1) is 7.11 Å². The molecular formula is C25H27NO5S. The first-order valence-corrected chi connectivity index (χ1v) is 12.2. The second-order valence-corrected chi connectivity index (χ2v) is 10.5. The second kappa shape index (κ2) is 7.39. The van der Waals surface area contributed by atoms with Crippen LogP contribution in [0.4, 0.5) is 0 Å². The number of allylic oxidation sites excluding steroid dienone is 2. The van der Waals surface area contributed by atoms with E-state index >= 15 is 0 Å². The maximum Gasteiger partial charge on any atom is 0.339 e. The summed E-state index contributed by atoms with van der Waals surface area (Å²) in [5.41, 5.74) is 2.30. The van der Waals surface area contributed by atoms with Crippen LogP contribution in [0.15, 0.2) is 65.3 Å². The lowest BCUT2D eigenvalue weighted by Gasteiger charge is -2.55. The zero-order chi connectivity index (χ0) is 22.7. The lowest BCUT2D eigenvalue weighted by Crippen LogP contribution is -2.58. The number of piperidine rings is 1. The zero-order valence-electron chi connectivity index (χ0n) is 18.4. The molecule has 3 atom stereocenters. The van der Waals surface area contributed by atoms with Crippen molar-refractivity contribution >= 4 is 10.1 Å². The van der Waals surface area contributed by atoms with Crippen molar-refractivity contribution in [2.75, 3.05) is 20.7 Å². The Labute approximate surface area is 188 Å². The molecule has 0 unspecified atom stereocenters. The topological polar surface area (TPSA) is 76.1 Å². The van der Waals surface area contributed by atoms with Gasteiger partial charge in [-0.25, -0.2) is 0 Å². The predicted molar refractivity (Wildman–Crippen MR) is 121 cm³/mol. The number of fused-ring (bicyclic) bond motifs is 1. The van der Waals surface area contributed by atoms with Crippen molar-refractivity contribution in [1.29, 1.82) is 0 Å². The van der Waals surface area contributed by atoms with E-state index in [4.69, 9.17) is 8.92 Å². The smallest absolute Gasteiger partial charge is 0.339 e. The molecule has 6 nitrogen and oxygen atoms in total. The van der Waals surface area contributed by atoms with Gasteiger partial charge in [0.2, 0.25) is 0 Å². The first-order chi connectivity index (χ1) is 15.2. The Bertz CT molecular complexity index is 1230. The summed E-state index contributed by atoms with van der Waals surface area (Å²) in [7, 11) is -0.316. The van der Waals surface area contributed by atoms with E-state index in [0.717, 1.165) is 36.1 Å². The second-order valence-electron chi connectivity index (χ2n) is 8.98. The van der Waals surface area contributed by atoms with Gasteiger partial charge in [-0.05, 0) is 69.3 Å². The number of aryl methyl sites for hydroxylation is 1. The molecule has 1 fully saturated rings. The summed E-state index contributed by atoms with van der Waals surface area (Å²) in [6.07, 6.45) is 7.25. The quantitative estimate of drug-likeness (QED) is 0.712. The summed E-state index contributed by atoms with van der Waals surface area (Å²) in [6, 6.07) is 10.7. The standard InChI is InChI=1S/C25H27NO5S/c1-16-4-8-19(9-5-16)32(28,29)31-18-7-10-20-21-14-17-6-11-22(30-3)24(27)23(17)25(20,15-18)12-13-26(21)2/h4-11,15,20-21,27H,12-14H2,1-3H3/t20-,21+,25+/m0/s1. The fraction of sp³-hybridized carbons (Fsp3) is 0.360. The zero-order valence-corrected chi connectivity index (χ0v) is 19.2. The van der Waals surface area contributed by atoms with E-state index in [1.165, 1.54) is 7.11 Å². The van der Waals surface area contributed by atoms with E-state index in [0.29, 0.717) is 5.75 Å². The minimum atomic E-state index is -3.97. The molecule has 2 aromatic carbocycles. The molecule has 0 radical (unpaired) electrons. The highest BCUT2D eigenvalue weighted by molar-refractivity contribution is 7.86. The molecule has 0 amide bonds. The number of nitrogens with zero attached hydrogens (tertiary/aromatic N) is 1. The van der Waals surface area contributed by atoms with Crippen LogP contribution in [-0.4, -0.2) is 45.2 Å². The number of ether oxygens (including phenoxy) is 1. The molecule has 32 heavy (non-hydrogen) atoms. The molecular weight excluding hydrogens is 426 g/mol. The van der Waals surface area contributed by atoms with Crippen molar-refractivity contribution < 1.29 is 22.4 Å². The van der Waals surface area contributed by atoms with Gasteiger partial charge in [-0.15, -0.1) is 0 Å². The van der Waals surface area contributed by atoms with Gasteiger partial charge in [-0.3, -0.25) is 0 Å². The number of hydrogen-bond acceptors (Lipinski definition) is 6. The van der Waals surface area contributed by atoms with Crippen LogP contribution in [0, 0.1) is 12.8 Å². The van der Waals surface area contributed by atoms with Crippen LogP contribution >= 0.6 is 0 Å². The Hall–Kier alpha value is -2.77. The van der Waals surface area contributed by atoms with E-state index in [9.17, 15) is 13.5 Å². The Kier molecular flexibility index (Phi) is 4.87. The van der Waals surface area contributed by atoms with Crippen LogP contribution in [0.25, 0.3) is 0 Å². The molecule has 1 saturated heterocycles. The van der Waals surface area contributed by atoms with E-state index in [2.05, 4.69) is 11.9 Å². The maximum atomic E-state index is 12.9.